The zero-order chi connectivity index (χ0) is 42.8. The molecule has 5 atom stereocenters. The number of amides is 3. The lowest BCUT2D eigenvalue weighted by Crippen LogP contribution is -2.51. The van der Waals surface area contributed by atoms with E-state index in [9.17, 15) is 14.4 Å². The Bertz CT molecular complexity index is 2710. The average molecular weight is 832 g/mol. The van der Waals surface area contributed by atoms with Gasteiger partial charge < -0.3 is 29.8 Å². The Balaban J connectivity index is 0.965. The number of hydrogen-bond acceptors (Lipinski definition) is 6. The maximum atomic E-state index is 13.8. The van der Waals surface area contributed by atoms with Crippen molar-refractivity contribution in [3.63, 3.8) is 0 Å². The van der Waals surface area contributed by atoms with Crippen LogP contribution < -0.4 is 5.32 Å². The quantitative estimate of drug-likeness (QED) is 0.126. The molecule has 0 bridgehead atoms. The van der Waals surface area contributed by atoms with Gasteiger partial charge in [-0.05, 0) is 125 Å². The van der Waals surface area contributed by atoms with Gasteiger partial charge >= 0.3 is 6.09 Å². The normalized spacial score (nSPS) is 21.1. The lowest BCUT2D eigenvalue weighted by molar-refractivity contribution is -0.135. The van der Waals surface area contributed by atoms with Crippen LogP contribution in [-0.2, 0) is 20.7 Å². The number of nitrogens with zero attached hydrogens (tertiary/aromatic N) is 4. The molecule has 3 N–H and O–H groups in total. The van der Waals surface area contributed by atoms with Gasteiger partial charge in [0.1, 0.15) is 17.7 Å². The van der Waals surface area contributed by atoms with Crippen LogP contribution in [0.4, 0.5) is 4.79 Å². The second-order valence-electron chi connectivity index (χ2n) is 18.8. The summed E-state index contributed by atoms with van der Waals surface area (Å²) >= 11 is 0. The topological polar surface area (TPSA) is 136 Å². The van der Waals surface area contributed by atoms with Gasteiger partial charge in [0.15, 0.2) is 0 Å². The minimum Gasteiger partial charge on any atom is -0.453 e. The van der Waals surface area contributed by atoms with Crippen molar-refractivity contribution in [3.05, 3.63) is 95.7 Å². The number of ether oxygens (including phenoxy) is 1. The Morgan fingerprint density at radius 2 is 1.52 bits per heavy atom. The third kappa shape index (κ3) is 6.93. The maximum absolute atomic E-state index is 13.8. The number of aromatic nitrogens is 4. The van der Waals surface area contributed by atoms with E-state index in [-0.39, 0.29) is 29.8 Å². The average Bonchev–Trinajstić information content (AvgIpc) is 4.11. The Morgan fingerprint density at radius 3 is 2.24 bits per heavy atom. The van der Waals surface area contributed by atoms with Gasteiger partial charge in [-0.2, -0.15) is 0 Å². The minimum absolute atomic E-state index is 0.00182. The molecule has 2 aliphatic heterocycles. The molecule has 11 heteroatoms. The molecule has 0 spiro atoms. The zero-order valence-corrected chi connectivity index (χ0v) is 36.5. The Hall–Kier alpha value is -5.97. The van der Waals surface area contributed by atoms with Crippen molar-refractivity contribution in [2.45, 2.75) is 103 Å². The molecule has 6 aromatic rings. The molecule has 2 aromatic heterocycles. The second-order valence-corrected chi connectivity index (χ2v) is 18.8. The number of nitrogens with one attached hydrogen (secondary N) is 3. The van der Waals surface area contributed by atoms with Crippen LogP contribution in [-0.4, -0.2) is 73.9 Å². The number of alkyl carbamates (subject to hydrolysis) is 1. The molecule has 11 nitrogen and oxygen atoms in total. The molecule has 62 heavy (non-hydrogen) atoms. The first kappa shape index (κ1) is 40.1. The van der Waals surface area contributed by atoms with Crippen molar-refractivity contribution in [2.75, 3.05) is 20.2 Å². The summed E-state index contributed by atoms with van der Waals surface area (Å²) in [5.74, 6) is 3.21. The van der Waals surface area contributed by atoms with Crippen LogP contribution in [0.1, 0.15) is 113 Å². The SMILES string of the molecule is COC(=O)N[C@H](C(=O)N1CCC[C@H]1c1ncc(-c2ccc(-c3ccc(-c4ccc5nc([C@@H]6CCCN6C(=O)CC(C)C)[nH]c5c4)c4c3C3CCC3C4)c3ccccc23)[nH]1)C(C)C. The highest BCUT2D eigenvalue weighted by molar-refractivity contribution is 6.05. The number of fused-ring (bicyclic) bond motifs is 5. The summed E-state index contributed by atoms with van der Waals surface area (Å²) in [6, 6.07) is 23.6. The van der Waals surface area contributed by atoms with Gasteiger partial charge in [0.05, 0.1) is 42.1 Å². The van der Waals surface area contributed by atoms with E-state index >= 15 is 0 Å². The van der Waals surface area contributed by atoms with E-state index in [1.54, 1.807) is 0 Å². The highest BCUT2D eigenvalue weighted by Crippen LogP contribution is 2.57. The number of carbonyl (C=O) groups excluding carboxylic acids is 3. The second kappa shape index (κ2) is 16.1. The summed E-state index contributed by atoms with van der Waals surface area (Å²) in [5, 5.41) is 5.09. The zero-order valence-electron chi connectivity index (χ0n) is 36.5. The molecule has 3 fully saturated rings. The van der Waals surface area contributed by atoms with Gasteiger partial charge in [-0.25, -0.2) is 14.8 Å². The molecule has 320 valence electrons. The molecule has 2 aliphatic carbocycles. The van der Waals surface area contributed by atoms with Crippen LogP contribution in [0.2, 0.25) is 0 Å². The van der Waals surface area contributed by atoms with E-state index in [0.717, 1.165) is 78.0 Å². The molecule has 4 aromatic carbocycles. The Kier molecular flexibility index (Phi) is 10.4. The number of aromatic amines is 2. The van der Waals surface area contributed by atoms with E-state index in [1.807, 2.05) is 29.8 Å². The number of likely N-dealkylation sites (tertiary alicyclic amines) is 2. The molecule has 0 radical (unpaired) electrons. The molecule has 4 aliphatic rings. The fourth-order valence-electron chi connectivity index (χ4n) is 11.0. The Morgan fingerprint density at radius 1 is 0.806 bits per heavy atom. The summed E-state index contributed by atoms with van der Waals surface area (Å²) in [4.78, 5) is 60.1. The molecular weight excluding hydrogens is 775 g/mol. The van der Waals surface area contributed by atoms with Crippen molar-refractivity contribution >= 4 is 39.7 Å². The molecule has 2 unspecified atom stereocenters. The first-order chi connectivity index (χ1) is 30.1. The molecule has 10 rings (SSSR count). The van der Waals surface area contributed by atoms with Gasteiger partial charge in [-0.3, -0.25) is 9.59 Å². The fourth-order valence-corrected chi connectivity index (χ4v) is 11.0. The molecule has 1 saturated carbocycles. The van der Waals surface area contributed by atoms with E-state index in [4.69, 9.17) is 14.7 Å². The summed E-state index contributed by atoms with van der Waals surface area (Å²) in [6.07, 6.45) is 9.02. The van der Waals surface area contributed by atoms with E-state index in [0.29, 0.717) is 30.7 Å². The number of rotatable bonds is 10. The number of imidazole rings is 2. The van der Waals surface area contributed by atoms with Gasteiger partial charge in [-0.1, -0.05) is 82.3 Å². The lowest BCUT2D eigenvalue weighted by atomic mass is 9.73. The molecule has 2 saturated heterocycles. The van der Waals surface area contributed by atoms with E-state index in [1.165, 1.54) is 58.7 Å². The molecular formula is C51H57N7O4. The van der Waals surface area contributed by atoms with Crippen LogP contribution in [0.25, 0.3) is 55.3 Å². The van der Waals surface area contributed by atoms with Crippen LogP contribution in [0.15, 0.2) is 72.9 Å². The maximum Gasteiger partial charge on any atom is 0.407 e. The smallest absolute Gasteiger partial charge is 0.407 e. The van der Waals surface area contributed by atoms with Crippen LogP contribution in [0.3, 0.4) is 0 Å². The van der Waals surface area contributed by atoms with Gasteiger partial charge in [0, 0.05) is 25.1 Å². The van der Waals surface area contributed by atoms with Crippen molar-refractivity contribution in [1.82, 2.24) is 35.1 Å². The highest BCUT2D eigenvalue weighted by Gasteiger charge is 2.42. The molecule has 4 heterocycles. The van der Waals surface area contributed by atoms with E-state index < -0.39 is 12.1 Å². The molecule has 3 amide bonds. The van der Waals surface area contributed by atoms with Crippen LogP contribution >= 0.6 is 0 Å². The largest absolute Gasteiger partial charge is 0.453 e. The summed E-state index contributed by atoms with van der Waals surface area (Å²) in [5.41, 5.74) is 12.0. The fraction of sp³-hybridized carbons (Fsp3) is 0.431. The van der Waals surface area contributed by atoms with Gasteiger partial charge in [-0.15, -0.1) is 0 Å². The first-order valence-electron chi connectivity index (χ1n) is 22.8. The van der Waals surface area contributed by atoms with E-state index in [2.05, 4.69) is 95.9 Å². The van der Waals surface area contributed by atoms with Crippen LogP contribution in [0.5, 0.6) is 0 Å². The summed E-state index contributed by atoms with van der Waals surface area (Å²) in [6.45, 7) is 9.46. The third-order valence-electron chi connectivity index (χ3n) is 14.2. The van der Waals surface area contributed by atoms with Crippen LogP contribution in [0, 0.1) is 17.8 Å². The third-order valence-corrected chi connectivity index (χ3v) is 14.2. The predicted molar refractivity (Wildman–Crippen MR) is 242 cm³/mol. The Labute approximate surface area is 363 Å². The number of hydrogen-bond donors (Lipinski definition) is 3. The van der Waals surface area contributed by atoms with Crippen molar-refractivity contribution in [2.24, 2.45) is 17.8 Å². The standard InChI is InChI=1S/C51H57N7O4/c1-28(2)24-45(59)57-22-8-13-44(57)49-53-40-21-15-31(26-41(40)54-49)32-17-20-38(46-33-16-14-30(33)25-39(32)46)36-18-19-37(35-11-7-6-10-34(35)36)42-27-52-48(55-42)43-12-9-23-58(43)50(60)47(29(3)4)56-51(61)62-5/h6-7,10-11,15,17-21,26-30,33,43-44,47H,8-9,12-14,16,22-25H2,1-5H3,(H,52,55)(H,53,54)(H,56,61)/t30?,33?,43-,44-,47-/m0/s1. The monoisotopic (exact) mass is 831 g/mol. The van der Waals surface area contributed by atoms with Crippen molar-refractivity contribution in [1.29, 1.82) is 0 Å². The van der Waals surface area contributed by atoms with Crippen molar-refractivity contribution < 1.29 is 19.1 Å². The number of H-pyrrole nitrogens is 2. The summed E-state index contributed by atoms with van der Waals surface area (Å²) < 4.78 is 4.83. The number of benzene rings is 4. The highest BCUT2D eigenvalue weighted by atomic mass is 16.5. The predicted octanol–water partition coefficient (Wildman–Crippen LogP) is 10.2. The lowest BCUT2D eigenvalue weighted by Gasteiger charge is -2.32. The number of methoxy groups -OCH3 is 1. The number of carbonyl (C=O) groups is 3. The van der Waals surface area contributed by atoms with Crippen molar-refractivity contribution in [3.8, 4) is 33.5 Å². The van der Waals surface area contributed by atoms with Gasteiger partial charge in [0.2, 0.25) is 11.8 Å². The summed E-state index contributed by atoms with van der Waals surface area (Å²) in [7, 11) is 1.31. The minimum atomic E-state index is -0.686. The first-order valence-corrected chi connectivity index (χ1v) is 22.8. The van der Waals surface area contributed by atoms with Gasteiger partial charge in [0.25, 0.3) is 0 Å².